The van der Waals surface area contributed by atoms with Gasteiger partial charge >= 0.3 is 0 Å². The van der Waals surface area contributed by atoms with E-state index < -0.39 is 0 Å². The van der Waals surface area contributed by atoms with E-state index in [-0.39, 0.29) is 24.0 Å². The number of amides is 1. The van der Waals surface area contributed by atoms with Gasteiger partial charge in [0.25, 0.3) is 5.91 Å². The van der Waals surface area contributed by atoms with E-state index in [1.165, 1.54) is 0 Å². The van der Waals surface area contributed by atoms with Gasteiger partial charge in [-0.2, -0.15) is 0 Å². The minimum atomic E-state index is -0.264. The summed E-state index contributed by atoms with van der Waals surface area (Å²) >= 11 is 6.13. The average molecular weight is 298 g/mol. The van der Waals surface area contributed by atoms with Gasteiger partial charge in [-0.05, 0) is 48.9 Å². The molecule has 3 nitrogen and oxygen atoms in total. The molecule has 0 aliphatic heterocycles. The summed E-state index contributed by atoms with van der Waals surface area (Å²) in [5.41, 5.74) is 2.58. The van der Waals surface area contributed by atoms with Crippen LogP contribution in [0.1, 0.15) is 48.7 Å². The molecule has 0 aromatic heterocycles. The van der Waals surface area contributed by atoms with Gasteiger partial charge in [0.2, 0.25) is 0 Å². The van der Waals surface area contributed by atoms with E-state index >= 15 is 0 Å². The number of nitrogens with one attached hydrogen (secondary N) is 1. The number of aryl methyl sites for hydroxylation is 2. The van der Waals surface area contributed by atoms with Crippen LogP contribution in [-0.4, -0.2) is 23.7 Å². The lowest BCUT2D eigenvalue weighted by atomic mass is 9.88. The lowest BCUT2D eigenvalue weighted by Gasteiger charge is -2.25. The second kappa shape index (κ2) is 6.59. The molecule has 1 aromatic rings. The number of halogens is 1. The van der Waals surface area contributed by atoms with Gasteiger partial charge in [-0.15, -0.1) is 0 Å². The summed E-state index contributed by atoms with van der Waals surface area (Å²) in [6.07, 6.45) is 0.706. The summed E-state index contributed by atoms with van der Waals surface area (Å²) in [7, 11) is 0. The van der Waals surface area contributed by atoms with Crippen molar-refractivity contribution in [1.29, 1.82) is 0 Å². The molecule has 0 saturated heterocycles. The highest BCUT2D eigenvalue weighted by Gasteiger charge is 2.21. The molecule has 112 valence electrons. The molecule has 1 amide bonds. The summed E-state index contributed by atoms with van der Waals surface area (Å²) in [6.45, 7) is 10.0. The topological polar surface area (TPSA) is 49.3 Å². The van der Waals surface area contributed by atoms with Crippen LogP contribution in [0.5, 0.6) is 0 Å². The molecule has 0 bridgehead atoms. The van der Waals surface area contributed by atoms with Crippen molar-refractivity contribution >= 4 is 17.5 Å². The Morgan fingerprint density at radius 2 is 1.85 bits per heavy atom. The number of aliphatic hydroxyl groups is 1. The summed E-state index contributed by atoms with van der Waals surface area (Å²) in [4.78, 5) is 12.3. The van der Waals surface area contributed by atoms with E-state index in [0.29, 0.717) is 17.0 Å². The van der Waals surface area contributed by atoms with Crippen LogP contribution >= 0.6 is 11.6 Å². The summed E-state index contributed by atoms with van der Waals surface area (Å²) in [5, 5.41) is 12.7. The fraction of sp³-hybridized carbons (Fsp3) is 0.562. The molecule has 0 radical (unpaired) electrons. The van der Waals surface area contributed by atoms with Gasteiger partial charge in [-0.1, -0.05) is 32.4 Å². The van der Waals surface area contributed by atoms with Crippen molar-refractivity contribution in [2.45, 2.75) is 47.1 Å². The zero-order valence-corrected chi connectivity index (χ0v) is 13.6. The number of aliphatic hydroxyl groups excluding tert-OH is 1. The number of carbonyl (C=O) groups excluding carboxylic acids is 1. The van der Waals surface area contributed by atoms with Crippen molar-refractivity contribution in [1.82, 2.24) is 5.32 Å². The van der Waals surface area contributed by atoms with Crippen LogP contribution in [0.15, 0.2) is 12.1 Å². The molecule has 2 N–H and O–H groups in total. The van der Waals surface area contributed by atoms with Gasteiger partial charge in [-0.25, -0.2) is 0 Å². The van der Waals surface area contributed by atoms with Crippen molar-refractivity contribution in [3.05, 3.63) is 33.8 Å². The third-order valence-corrected chi connectivity index (χ3v) is 3.56. The first kappa shape index (κ1) is 17.0. The van der Waals surface area contributed by atoms with Gasteiger partial charge in [-0.3, -0.25) is 4.79 Å². The second-order valence-electron chi connectivity index (χ2n) is 6.53. The Morgan fingerprint density at radius 3 is 2.35 bits per heavy atom. The third kappa shape index (κ3) is 4.80. The van der Waals surface area contributed by atoms with Crippen LogP contribution in [-0.2, 0) is 0 Å². The molecular weight excluding hydrogens is 274 g/mol. The minimum Gasteiger partial charge on any atom is -0.394 e. The maximum absolute atomic E-state index is 12.3. The smallest absolute Gasteiger partial charge is 0.253 e. The minimum absolute atomic E-state index is 0.0354. The highest BCUT2D eigenvalue weighted by atomic mass is 35.5. The van der Waals surface area contributed by atoms with E-state index in [4.69, 9.17) is 11.6 Å². The monoisotopic (exact) mass is 297 g/mol. The fourth-order valence-electron chi connectivity index (χ4n) is 2.12. The zero-order valence-electron chi connectivity index (χ0n) is 12.9. The SMILES string of the molecule is Cc1cc(Cl)c(C(=O)NC(CO)CC(C)(C)C)cc1C. The molecule has 0 heterocycles. The standard InChI is InChI=1S/C16H24ClNO2/c1-10-6-13(14(17)7-11(10)2)15(20)18-12(9-19)8-16(3,4)5/h6-7,12,19H,8-9H2,1-5H3,(H,18,20). The number of carbonyl (C=O) groups is 1. The molecule has 4 heteroatoms. The lowest BCUT2D eigenvalue weighted by molar-refractivity contribution is 0.0898. The summed E-state index contributed by atoms with van der Waals surface area (Å²) in [6, 6.07) is 3.32. The maximum atomic E-state index is 12.3. The van der Waals surface area contributed by atoms with Gasteiger partial charge in [0.05, 0.1) is 23.2 Å². The first-order valence-electron chi connectivity index (χ1n) is 6.82. The van der Waals surface area contributed by atoms with Crippen molar-refractivity contribution < 1.29 is 9.90 Å². The van der Waals surface area contributed by atoms with Gasteiger partial charge in [0, 0.05) is 0 Å². The third-order valence-electron chi connectivity index (χ3n) is 3.24. The predicted octanol–water partition coefficient (Wildman–Crippen LogP) is 3.48. The van der Waals surface area contributed by atoms with Gasteiger partial charge in [0.15, 0.2) is 0 Å². The molecule has 0 aliphatic carbocycles. The Morgan fingerprint density at radius 1 is 1.30 bits per heavy atom. The van der Waals surface area contributed by atoms with Crippen molar-refractivity contribution in [2.75, 3.05) is 6.61 Å². The molecule has 0 aliphatic rings. The maximum Gasteiger partial charge on any atom is 0.253 e. The largest absolute Gasteiger partial charge is 0.394 e. The van der Waals surface area contributed by atoms with Gasteiger partial charge in [0.1, 0.15) is 0 Å². The predicted molar refractivity (Wildman–Crippen MR) is 83.3 cm³/mol. The van der Waals surface area contributed by atoms with Crippen LogP contribution in [0.3, 0.4) is 0 Å². The molecule has 0 saturated carbocycles. The van der Waals surface area contributed by atoms with Crippen molar-refractivity contribution in [3.63, 3.8) is 0 Å². The molecule has 20 heavy (non-hydrogen) atoms. The molecule has 0 fully saturated rings. The average Bonchev–Trinajstić information content (AvgIpc) is 2.31. The van der Waals surface area contributed by atoms with Gasteiger partial charge < -0.3 is 10.4 Å². The van der Waals surface area contributed by atoms with Crippen molar-refractivity contribution in [2.24, 2.45) is 5.41 Å². The Kier molecular flexibility index (Phi) is 5.60. The van der Waals surface area contributed by atoms with Crippen LogP contribution in [0.2, 0.25) is 5.02 Å². The quantitative estimate of drug-likeness (QED) is 0.894. The summed E-state index contributed by atoms with van der Waals surface area (Å²) in [5.74, 6) is -0.235. The van der Waals surface area contributed by atoms with E-state index in [0.717, 1.165) is 11.1 Å². The van der Waals surface area contributed by atoms with Crippen LogP contribution in [0.4, 0.5) is 0 Å². The van der Waals surface area contributed by atoms with E-state index in [9.17, 15) is 9.90 Å². The first-order valence-corrected chi connectivity index (χ1v) is 7.20. The molecular formula is C16H24ClNO2. The Bertz CT molecular complexity index is 492. The van der Waals surface area contributed by atoms with E-state index in [2.05, 4.69) is 26.1 Å². The Hall–Kier alpha value is -1.06. The van der Waals surface area contributed by atoms with Crippen LogP contribution < -0.4 is 5.32 Å². The molecule has 1 aromatic carbocycles. The Balaban J connectivity index is 2.87. The molecule has 1 rings (SSSR count). The zero-order chi connectivity index (χ0) is 15.5. The highest BCUT2D eigenvalue weighted by Crippen LogP contribution is 2.23. The number of hydrogen-bond acceptors (Lipinski definition) is 2. The normalized spacial score (nSPS) is 13.2. The molecule has 0 spiro atoms. The van der Waals surface area contributed by atoms with Crippen LogP contribution in [0.25, 0.3) is 0 Å². The van der Waals surface area contributed by atoms with Crippen molar-refractivity contribution in [3.8, 4) is 0 Å². The molecule has 1 atom stereocenters. The number of hydrogen-bond donors (Lipinski definition) is 2. The molecule has 1 unspecified atom stereocenters. The summed E-state index contributed by atoms with van der Waals surface area (Å²) < 4.78 is 0. The fourth-order valence-corrected chi connectivity index (χ4v) is 2.42. The van der Waals surface area contributed by atoms with Crippen LogP contribution in [0, 0.1) is 19.3 Å². The van der Waals surface area contributed by atoms with E-state index in [1.807, 2.05) is 13.8 Å². The number of benzene rings is 1. The second-order valence-corrected chi connectivity index (χ2v) is 6.94. The Labute approximate surface area is 126 Å². The number of rotatable bonds is 4. The highest BCUT2D eigenvalue weighted by molar-refractivity contribution is 6.34. The first-order chi connectivity index (χ1) is 9.14. The lowest BCUT2D eigenvalue weighted by Crippen LogP contribution is -2.40. The van der Waals surface area contributed by atoms with E-state index in [1.54, 1.807) is 12.1 Å².